The van der Waals surface area contributed by atoms with E-state index in [1.54, 1.807) is 24.3 Å². The molecule has 1 aromatic carbocycles. The Bertz CT molecular complexity index is 842. The van der Waals surface area contributed by atoms with Crippen LogP contribution in [0.25, 0.3) is 0 Å². The minimum Gasteiger partial charge on any atom is -0.326 e. The molecule has 2 aliphatic carbocycles. The fraction of sp³-hybridized carbons (Fsp3) is 0.500. The van der Waals surface area contributed by atoms with Crippen molar-refractivity contribution in [3.8, 4) is 0 Å². The molecule has 0 aromatic heterocycles. The summed E-state index contributed by atoms with van der Waals surface area (Å²) in [6, 6.07) is 6.69. The smallest absolute Gasteiger partial charge is 0.233 e. The molecule has 6 atom stereocenters. The number of imide groups is 1. The molecular weight excluding hydrogens is 492 g/mol. The number of benzene rings is 1. The monoisotopic (exact) mass is 510 g/mol. The summed E-state index contributed by atoms with van der Waals surface area (Å²) < 4.78 is 0. The van der Waals surface area contributed by atoms with Crippen molar-refractivity contribution >= 4 is 61.1 Å². The van der Waals surface area contributed by atoms with Crippen LogP contribution in [0, 0.1) is 23.7 Å². The molecular formula is C20H20Br2N2O4. The summed E-state index contributed by atoms with van der Waals surface area (Å²) in [5, 5.41) is 2.73. The molecule has 0 radical (unpaired) electrons. The number of carbonyl (C=O) groups is 4. The molecule has 1 aromatic rings. The zero-order valence-corrected chi connectivity index (χ0v) is 18.4. The number of likely N-dealkylation sites (tertiary alicyclic amines) is 1. The highest BCUT2D eigenvalue weighted by Crippen LogP contribution is 2.60. The fourth-order valence-corrected chi connectivity index (χ4v) is 6.76. The molecule has 8 heteroatoms. The van der Waals surface area contributed by atoms with E-state index in [0.29, 0.717) is 11.3 Å². The summed E-state index contributed by atoms with van der Waals surface area (Å²) in [5.41, 5.74) is 1.04. The van der Waals surface area contributed by atoms with Crippen molar-refractivity contribution in [3.63, 3.8) is 0 Å². The van der Waals surface area contributed by atoms with E-state index in [4.69, 9.17) is 0 Å². The number of halogens is 2. The first-order chi connectivity index (χ1) is 13.3. The van der Waals surface area contributed by atoms with Crippen molar-refractivity contribution in [2.24, 2.45) is 23.7 Å². The minimum absolute atomic E-state index is 0.0338. The number of hydrogen-bond acceptors (Lipinski definition) is 4. The summed E-state index contributed by atoms with van der Waals surface area (Å²) in [6.07, 6.45) is 0.922. The standard InChI is InChI=1S/C20H20Br2N2O4/c1-9(25)10-3-2-4-11(7-10)23-14(26)5-6-24-19(27)15-12-8-13(16(15)20(24)28)18(22)17(12)21/h2-4,7,12-13,15-18H,5-6,8H2,1H3,(H,23,26). The molecule has 1 heterocycles. The molecule has 28 heavy (non-hydrogen) atoms. The van der Waals surface area contributed by atoms with Crippen molar-refractivity contribution in [2.45, 2.75) is 29.4 Å². The van der Waals surface area contributed by atoms with Gasteiger partial charge in [0, 0.05) is 33.9 Å². The van der Waals surface area contributed by atoms with Crippen LogP contribution >= 0.6 is 31.9 Å². The number of nitrogens with zero attached hydrogens (tertiary/aromatic N) is 1. The van der Waals surface area contributed by atoms with Gasteiger partial charge in [0.1, 0.15) is 0 Å². The molecule has 3 amide bonds. The van der Waals surface area contributed by atoms with E-state index in [9.17, 15) is 19.2 Å². The van der Waals surface area contributed by atoms with Crippen molar-refractivity contribution in [1.29, 1.82) is 0 Å². The van der Waals surface area contributed by atoms with Crippen LogP contribution in [0.3, 0.4) is 0 Å². The van der Waals surface area contributed by atoms with Crippen LogP contribution < -0.4 is 5.32 Å². The summed E-state index contributed by atoms with van der Waals surface area (Å²) in [7, 11) is 0. The van der Waals surface area contributed by atoms with Gasteiger partial charge in [0.2, 0.25) is 17.7 Å². The zero-order chi connectivity index (χ0) is 20.2. The number of fused-ring (bicyclic) bond motifs is 5. The minimum atomic E-state index is -0.293. The van der Waals surface area contributed by atoms with E-state index >= 15 is 0 Å². The van der Waals surface area contributed by atoms with Gasteiger partial charge >= 0.3 is 0 Å². The van der Waals surface area contributed by atoms with E-state index in [1.807, 2.05) is 0 Å². The van der Waals surface area contributed by atoms with Crippen molar-refractivity contribution < 1.29 is 19.2 Å². The predicted octanol–water partition coefficient (Wildman–Crippen LogP) is 3.00. The number of nitrogens with one attached hydrogen (secondary N) is 1. The maximum Gasteiger partial charge on any atom is 0.233 e. The van der Waals surface area contributed by atoms with E-state index < -0.39 is 0 Å². The molecule has 1 aliphatic heterocycles. The molecule has 2 bridgehead atoms. The van der Waals surface area contributed by atoms with Gasteiger partial charge in [-0.15, -0.1) is 0 Å². The van der Waals surface area contributed by atoms with Crippen LogP contribution in [0.1, 0.15) is 30.1 Å². The van der Waals surface area contributed by atoms with E-state index in [0.717, 1.165) is 6.42 Å². The highest BCUT2D eigenvalue weighted by atomic mass is 79.9. The number of Topliss-reactive ketones (excluding diaryl/α,β-unsaturated/α-hetero) is 1. The Morgan fingerprint density at radius 3 is 2.29 bits per heavy atom. The molecule has 0 spiro atoms. The van der Waals surface area contributed by atoms with Gasteiger partial charge < -0.3 is 5.32 Å². The first-order valence-electron chi connectivity index (χ1n) is 9.34. The Labute approximate surface area is 179 Å². The number of alkyl halides is 2. The quantitative estimate of drug-likeness (QED) is 0.374. The van der Waals surface area contributed by atoms with Gasteiger partial charge in [-0.2, -0.15) is 0 Å². The molecule has 6 unspecified atom stereocenters. The summed E-state index contributed by atoms with van der Waals surface area (Å²) in [5.74, 6) is -0.834. The lowest BCUT2D eigenvalue weighted by molar-refractivity contribution is -0.140. The van der Waals surface area contributed by atoms with Crippen LogP contribution in [0.4, 0.5) is 5.69 Å². The summed E-state index contributed by atoms with van der Waals surface area (Å²) >= 11 is 7.33. The molecule has 148 valence electrons. The van der Waals surface area contributed by atoms with Crippen molar-refractivity contribution in [2.75, 3.05) is 11.9 Å². The van der Waals surface area contributed by atoms with Crippen LogP contribution in [0.2, 0.25) is 0 Å². The van der Waals surface area contributed by atoms with Crippen LogP contribution in [0.5, 0.6) is 0 Å². The number of ketones is 1. The van der Waals surface area contributed by atoms with Crippen LogP contribution in [-0.4, -0.2) is 44.6 Å². The number of rotatable bonds is 5. The maximum atomic E-state index is 12.8. The first kappa shape index (κ1) is 19.8. The molecule has 6 nitrogen and oxygen atoms in total. The maximum absolute atomic E-state index is 12.8. The lowest BCUT2D eigenvalue weighted by Gasteiger charge is -2.28. The topological polar surface area (TPSA) is 83.6 Å². The van der Waals surface area contributed by atoms with E-state index in [-0.39, 0.29) is 69.8 Å². The lowest BCUT2D eigenvalue weighted by Crippen LogP contribution is -2.37. The SMILES string of the molecule is CC(=O)c1cccc(NC(=O)CCN2C(=O)C3C4CC(C(Br)C4Br)C3C2=O)c1. The van der Waals surface area contributed by atoms with Gasteiger partial charge in [-0.25, -0.2) is 0 Å². The third kappa shape index (κ3) is 3.14. The van der Waals surface area contributed by atoms with Crippen LogP contribution in [-0.2, 0) is 14.4 Å². The van der Waals surface area contributed by atoms with Gasteiger partial charge in [-0.3, -0.25) is 24.1 Å². The second-order valence-electron chi connectivity index (χ2n) is 7.77. The highest BCUT2D eigenvalue weighted by molar-refractivity contribution is 9.12. The predicted molar refractivity (Wildman–Crippen MR) is 110 cm³/mol. The third-order valence-electron chi connectivity index (χ3n) is 6.19. The van der Waals surface area contributed by atoms with Gasteiger partial charge in [0.15, 0.2) is 5.78 Å². The number of carbonyl (C=O) groups excluding carboxylic acids is 4. The van der Waals surface area contributed by atoms with Gasteiger partial charge in [-0.05, 0) is 37.3 Å². The third-order valence-corrected chi connectivity index (χ3v) is 9.40. The van der Waals surface area contributed by atoms with E-state index in [1.165, 1.54) is 11.8 Å². The highest BCUT2D eigenvalue weighted by Gasteiger charge is 2.66. The number of anilines is 1. The van der Waals surface area contributed by atoms with Gasteiger partial charge in [0.25, 0.3) is 0 Å². The molecule has 3 aliphatic rings. The van der Waals surface area contributed by atoms with E-state index in [2.05, 4.69) is 37.2 Å². The van der Waals surface area contributed by atoms with Gasteiger partial charge in [0.05, 0.1) is 11.8 Å². The van der Waals surface area contributed by atoms with Crippen LogP contribution in [0.15, 0.2) is 24.3 Å². The van der Waals surface area contributed by atoms with Crippen molar-refractivity contribution in [1.82, 2.24) is 4.90 Å². The molecule has 2 saturated carbocycles. The molecule has 1 N–H and O–H groups in total. The molecule has 3 fully saturated rings. The molecule has 4 rings (SSSR count). The Morgan fingerprint density at radius 1 is 1.11 bits per heavy atom. The second-order valence-corrected chi connectivity index (χ2v) is 9.88. The largest absolute Gasteiger partial charge is 0.326 e. The Kier molecular flexibility index (Phi) is 5.20. The lowest BCUT2D eigenvalue weighted by atomic mass is 9.81. The average Bonchev–Trinajstić information content (AvgIpc) is 3.26. The molecule has 1 saturated heterocycles. The average molecular weight is 512 g/mol. The number of amides is 3. The van der Waals surface area contributed by atoms with Crippen molar-refractivity contribution in [3.05, 3.63) is 29.8 Å². The second kappa shape index (κ2) is 7.37. The Morgan fingerprint density at radius 2 is 1.71 bits per heavy atom. The van der Waals surface area contributed by atoms with Gasteiger partial charge in [-0.1, -0.05) is 44.0 Å². The zero-order valence-electron chi connectivity index (χ0n) is 15.2. The summed E-state index contributed by atoms with van der Waals surface area (Å²) in [6.45, 7) is 1.55. The first-order valence-corrected chi connectivity index (χ1v) is 11.2. The fourth-order valence-electron chi connectivity index (χ4n) is 4.88. The summed E-state index contributed by atoms with van der Waals surface area (Å²) in [4.78, 5) is 51.1. The Balaban J connectivity index is 1.39. The number of hydrogen-bond donors (Lipinski definition) is 1. The normalized spacial score (nSPS) is 33.3. The Hall–Kier alpha value is -1.54.